The average molecular weight is 248 g/mol. The van der Waals surface area contributed by atoms with Crippen LogP contribution in [0.2, 0.25) is 0 Å². The van der Waals surface area contributed by atoms with Crippen molar-refractivity contribution >= 4 is 5.91 Å². The van der Waals surface area contributed by atoms with Crippen molar-refractivity contribution in [1.82, 2.24) is 10.6 Å². The molecule has 0 aromatic heterocycles. The van der Waals surface area contributed by atoms with E-state index < -0.39 is 0 Å². The van der Waals surface area contributed by atoms with E-state index in [1.165, 1.54) is 12.0 Å². The lowest BCUT2D eigenvalue weighted by Crippen LogP contribution is -2.23. The number of amides is 1. The summed E-state index contributed by atoms with van der Waals surface area (Å²) in [7, 11) is 1.90. The van der Waals surface area contributed by atoms with Crippen molar-refractivity contribution in [3.63, 3.8) is 0 Å². The minimum Gasteiger partial charge on any atom is -0.352 e. The second kappa shape index (κ2) is 8.70. The minimum atomic E-state index is 0.128. The quantitative estimate of drug-likeness (QED) is 0.693. The third-order valence-electron chi connectivity index (χ3n) is 2.88. The first-order chi connectivity index (χ1) is 8.76. The van der Waals surface area contributed by atoms with E-state index in [1.54, 1.807) is 0 Å². The Hall–Kier alpha value is -1.35. The van der Waals surface area contributed by atoms with Gasteiger partial charge in [0.1, 0.15) is 0 Å². The molecule has 1 amide bonds. The zero-order valence-corrected chi connectivity index (χ0v) is 11.5. The maximum atomic E-state index is 11.5. The van der Waals surface area contributed by atoms with Gasteiger partial charge in [0.05, 0.1) is 0 Å². The molecule has 0 aliphatic rings. The highest BCUT2D eigenvalue weighted by molar-refractivity contribution is 5.75. The second-order valence-corrected chi connectivity index (χ2v) is 4.55. The molecule has 0 heterocycles. The zero-order chi connectivity index (χ0) is 13.2. The lowest BCUT2D eigenvalue weighted by atomic mass is 10.1. The Morgan fingerprint density at radius 1 is 1.17 bits per heavy atom. The van der Waals surface area contributed by atoms with Crippen molar-refractivity contribution in [3.8, 4) is 0 Å². The normalized spacial score (nSPS) is 10.3. The third-order valence-corrected chi connectivity index (χ3v) is 2.88. The molecule has 0 radical (unpaired) electrons. The number of hydrogen-bond donors (Lipinski definition) is 2. The summed E-state index contributed by atoms with van der Waals surface area (Å²) in [6.45, 7) is 3.70. The fourth-order valence-electron chi connectivity index (χ4n) is 1.83. The number of rotatable bonds is 8. The summed E-state index contributed by atoms with van der Waals surface area (Å²) in [4.78, 5) is 11.5. The molecule has 100 valence electrons. The maximum absolute atomic E-state index is 11.5. The molecule has 1 rings (SSSR count). The molecule has 0 aliphatic heterocycles. The molecule has 18 heavy (non-hydrogen) atoms. The van der Waals surface area contributed by atoms with E-state index in [9.17, 15) is 4.79 Å². The summed E-state index contributed by atoms with van der Waals surface area (Å²) in [6, 6.07) is 8.48. The molecule has 3 heteroatoms. The summed E-state index contributed by atoms with van der Waals surface area (Å²) >= 11 is 0. The summed E-state index contributed by atoms with van der Waals surface area (Å²) in [6.07, 6.45) is 3.77. The summed E-state index contributed by atoms with van der Waals surface area (Å²) < 4.78 is 0. The van der Waals surface area contributed by atoms with Crippen LogP contribution in [0.4, 0.5) is 0 Å². The van der Waals surface area contributed by atoms with Gasteiger partial charge in [0.15, 0.2) is 0 Å². The van der Waals surface area contributed by atoms with Crippen LogP contribution in [0.5, 0.6) is 0 Å². The molecule has 0 spiro atoms. The van der Waals surface area contributed by atoms with E-state index in [2.05, 4.69) is 41.8 Å². The number of benzene rings is 1. The van der Waals surface area contributed by atoms with Gasteiger partial charge in [-0.2, -0.15) is 0 Å². The molecular weight excluding hydrogens is 224 g/mol. The molecule has 0 aliphatic carbocycles. The Labute approximate surface area is 110 Å². The van der Waals surface area contributed by atoms with Gasteiger partial charge in [-0.1, -0.05) is 37.6 Å². The molecule has 3 nitrogen and oxygen atoms in total. The van der Waals surface area contributed by atoms with Gasteiger partial charge in [-0.05, 0) is 37.6 Å². The van der Waals surface area contributed by atoms with Gasteiger partial charge in [-0.3, -0.25) is 4.79 Å². The molecule has 0 saturated carbocycles. The van der Waals surface area contributed by atoms with Crippen LogP contribution in [0.15, 0.2) is 24.3 Å². The topological polar surface area (TPSA) is 41.1 Å². The first-order valence-corrected chi connectivity index (χ1v) is 6.75. The molecule has 0 unspecified atom stereocenters. The highest BCUT2D eigenvalue weighted by Crippen LogP contribution is 2.06. The van der Waals surface area contributed by atoms with E-state index in [0.717, 1.165) is 24.9 Å². The molecule has 1 aromatic rings. The Kier molecular flexibility index (Phi) is 7.11. The average Bonchev–Trinajstić information content (AvgIpc) is 2.39. The molecule has 0 fully saturated rings. The molecule has 0 saturated heterocycles. The monoisotopic (exact) mass is 248 g/mol. The number of hydrogen-bond acceptors (Lipinski definition) is 2. The van der Waals surface area contributed by atoms with Crippen LogP contribution in [0.3, 0.4) is 0 Å². The van der Waals surface area contributed by atoms with Gasteiger partial charge in [-0.25, -0.2) is 0 Å². The highest BCUT2D eigenvalue weighted by Gasteiger charge is 2.00. The largest absolute Gasteiger partial charge is 0.352 e. The summed E-state index contributed by atoms with van der Waals surface area (Å²) in [5.41, 5.74) is 2.53. The van der Waals surface area contributed by atoms with Crippen molar-refractivity contribution < 1.29 is 4.79 Å². The van der Waals surface area contributed by atoms with Gasteiger partial charge >= 0.3 is 0 Å². The Morgan fingerprint density at radius 2 is 1.83 bits per heavy atom. The van der Waals surface area contributed by atoms with E-state index in [-0.39, 0.29) is 5.91 Å². The van der Waals surface area contributed by atoms with Crippen molar-refractivity contribution in [2.24, 2.45) is 0 Å². The molecular formula is C15H24N2O. The first kappa shape index (κ1) is 14.7. The van der Waals surface area contributed by atoms with Crippen molar-refractivity contribution in [1.29, 1.82) is 0 Å². The molecule has 2 N–H and O–H groups in total. The van der Waals surface area contributed by atoms with Crippen LogP contribution >= 0.6 is 0 Å². The van der Waals surface area contributed by atoms with Crippen LogP contribution in [0, 0.1) is 0 Å². The zero-order valence-electron chi connectivity index (χ0n) is 11.5. The Balaban J connectivity index is 2.27. The maximum Gasteiger partial charge on any atom is 0.220 e. The number of aryl methyl sites for hydroxylation is 1. The predicted molar refractivity (Wildman–Crippen MR) is 75.4 cm³/mol. The highest BCUT2D eigenvalue weighted by atomic mass is 16.1. The summed E-state index contributed by atoms with van der Waals surface area (Å²) in [5.74, 6) is 0.128. The molecule has 0 atom stereocenters. The van der Waals surface area contributed by atoms with E-state index in [4.69, 9.17) is 0 Å². The number of carbonyl (C=O) groups excluding carboxylic acids is 1. The van der Waals surface area contributed by atoms with E-state index in [0.29, 0.717) is 13.0 Å². The van der Waals surface area contributed by atoms with Gasteiger partial charge in [0.2, 0.25) is 5.91 Å². The van der Waals surface area contributed by atoms with Gasteiger partial charge in [0, 0.05) is 13.0 Å². The van der Waals surface area contributed by atoms with Crippen molar-refractivity contribution in [2.75, 3.05) is 13.6 Å². The smallest absolute Gasteiger partial charge is 0.220 e. The fourth-order valence-corrected chi connectivity index (χ4v) is 1.83. The van der Waals surface area contributed by atoms with Crippen LogP contribution in [0.25, 0.3) is 0 Å². The lowest BCUT2D eigenvalue weighted by Gasteiger charge is -2.06. The van der Waals surface area contributed by atoms with Crippen molar-refractivity contribution in [3.05, 3.63) is 35.4 Å². The SMILES string of the molecule is CCCc1ccc(CNC(=O)CCCNC)cc1. The lowest BCUT2D eigenvalue weighted by molar-refractivity contribution is -0.121. The number of nitrogens with one attached hydrogen (secondary N) is 2. The standard InChI is InChI=1S/C15H24N2O/c1-3-5-13-7-9-14(10-8-13)12-17-15(18)6-4-11-16-2/h7-10,16H,3-6,11-12H2,1-2H3,(H,17,18). The van der Waals surface area contributed by atoms with Gasteiger partial charge in [-0.15, -0.1) is 0 Å². The van der Waals surface area contributed by atoms with Crippen LogP contribution in [0.1, 0.15) is 37.3 Å². The fraction of sp³-hybridized carbons (Fsp3) is 0.533. The summed E-state index contributed by atoms with van der Waals surface area (Å²) in [5, 5.41) is 5.98. The first-order valence-electron chi connectivity index (χ1n) is 6.75. The Morgan fingerprint density at radius 3 is 2.44 bits per heavy atom. The third kappa shape index (κ3) is 5.82. The van der Waals surface area contributed by atoms with Crippen LogP contribution in [-0.4, -0.2) is 19.5 Å². The number of carbonyl (C=O) groups is 1. The van der Waals surface area contributed by atoms with Gasteiger partial charge in [0.25, 0.3) is 0 Å². The van der Waals surface area contributed by atoms with Crippen LogP contribution in [-0.2, 0) is 17.8 Å². The second-order valence-electron chi connectivity index (χ2n) is 4.55. The van der Waals surface area contributed by atoms with E-state index >= 15 is 0 Å². The predicted octanol–water partition coefficient (Wildman–Crippen LogP) is 2.25. The van der Waals surface area contributed by atoms with E-state index in [1.807, 2.05) is 7.05 Å². The Bertz CT molecular complexity index is 346. The van der Waals surface area contributed by atoms with Crippen molar-refractivity contribution in [2.45, 2.75) is 39.2 Å². The van der Waals surface area contributed by atoms with Gasteiger partial charge < -0.3 is 10.6 Å². The molecule has 1 aromatic carbocycles. The molecule has 0 bridgehead atoms. The minimum absolute atomic E-state index is 0.128. The van der Waals surface area contributed by atoms with Crippen LogP contribution < -0.4 is 10.6 Å².